The number of aromatic nitrogens is 2. The van der Waals surface area contributed by atoms with Gasteiger partial charge in [-0.3, -0.25) is 4.98 Å². The molecule has 0 saturated carbocycles. The molecule has 2 atom stereocenters. The van der Waals surface area contributed by atoms with Gasteiger partial charge in [-0.05, 0) is 86.2 Å². The van der Waals surface area contributed by atoms with Crippen LogP contribution in [0, 0.1) is 13.8 Å². The molecule has 2 aliphatic heterocycles. The Morgan fingerprint density at radius 3 is 2.51 bits per heavy atom. The molecule has 2 aromatic heterocycles. The molecule has 0 radical (unpaired) electrons. The number of benzene rings is 2. The molecule has 35 heavy (non-hydrogen) atoms. The summed E-state index contributed by atoms with van der Waals surface area (Å²) in [6.07, 6.45) is 1.82. The zero-order valence-electron chi connectivity index (χ0n) is 19.2. The Balaban J connectivity index is 1.51. The number of fused-ring (bicyclic) bond motifs is 1. The van der Waals surface area contributed by atoms with Gasteiger partial charge < -0.3 is 24.3 Å². The lowest BCUT2D eigenvalue weighted by Gasteiger charge is -2.28. The Labute approximate surface area is 214 Å². The van der Waals surface area contributed by atoms with E-state index in [0.717, 1.165) is 45.5 Å². The van der Waals surface area contributed by atoms with E-state index >= 15 is 0 Å². The summed E-state index contributed by atoms with van der Waals surface area (Å²) < 4.78 is 13.4. The van der Waals surface area contributed by atoms with Crippen molar-refractivity contribution in [2.45, 2.75) is 25.9 Å². The van der Waals surface area contributed by atoms with Crippen molar-refractivity contribution < 1.29 is 9.47 Å². The molecule has 2 aliphatic rings. The number of hydrogen-bond acceptors (Lipinski definition) is 4. The Morgan fingerprint density at radius 2 is 1.74 bits per heavy atom. The third-order valence-corrected chi connectivity index (χ3v) is 7.17. The smallest absolute Gasteiger partial charge is 0.231 e. The van der Waals surface area contributed by atoms with Gasteiger partial charge in [0.15, 0.2) is 16.6 Å². The Hall–Kier alpha value is -3.55. The van der Waals surface area contributed by atoms with E-state index in [9.17, 15) is 0 Å². The lowest BCUT2D eigenvalue weighted by atomic mass is 9.96. The summed E-state index contributed by atoms with van der Waals surface area (Å²) in [5.41, 5.74) is 6.35. The highest BCUT2D eigenvalue weighted by molar-refractivity contribution is 7.80. The quantitative estimate of drug-likeness (QED) is 0.343. The van der Waals surface area contributed by atoms with Gasteiger partial charge >= 0.3 is 0 Å². The molecular formula is C27H23ClN4O2S. The van der Waals surface area contributed by atoms with Gasteiger partial charge in [-0.25, -0.2) is 0 Å². The molecule has 6 nitrogen and oxygen atoms in total. The predicted molar refractivity (Wildman–Crippen MR) is 141 cm³/mol. The van der Waals surface area contributed by atoms with Gasteiger partial charge in [0, 0.05) is 40.0 Å². The second-order valence-electron chi connectivity index (χ2n) is 8.67. The third kappa shape index (κ3) is 3.72. The zero-order chi connectivity index (χ0) is 24.1. The van der Waals surface area contributed by atoms with E-state index in [1.54, 1.807) is 0 Å². The highest BCUT2D eigenvalue weighted by Gasteiger charge is 2.42. The first kappa shape index (κ1) is 21.9. The number of hydrogen-bond donors (Lipinski definition) is 1. The monoisotopic (exact) mass is 502 g/mol. The first-order valence-electron chi connectivity index (χ1n) is 11.4. The highest BCUT2D eigenvalue weighted by atomic mass is 35.5. The second-order valence-corrected chi connectivity index (χ2v) is 9.50. The van der Waals surface area contributed by atoms with Crippen molar-refractivity contribution in [2.24, 2.45) is 0 Å². The molecule has 8 heteroatoms. The van der Waals surface area contributed by atoms with E-state index in [1.807, 2.05) is 66.9 Å². The summed E-state index contributed by atoms with van der Waals surface area (Å²) in [7, 11) is 0. The van der Waals surface area contributed by atoms with E-state index in [1.165, 1.54) is 0 Å². The number of nitrogens with zero attached hydrogens (tertiary/aromatic N) is 3. The summed E-state index contributed by atoms with van der Waals surface area (Å²) in [4.78, 5) is 6.83. The van der Waals surface area contributed by atoms with Crippen LogP contribution in [0.2, 0.25) is 5.02 Å². The lowest BCUT2D eigenvalue weighted by molar-refractivity contribution is 0.174. The molecule has 1 saturated heterocycles. The molecule has 0 unspecified atom stereocenters. The van der Waals surface area contributed by atoms with Crippen LogP contribution in [0.25, 0.3) is 5.69 Å². The normalized spacial score (nSPS) is 18.7. The maximum atomic E-state index is 6.15. The number of nitrogens with one attached hydrogen (secondary N) is 1. The van der Waals surface area contributed by atoms with Crippen LogP contribution in [-0.4, -0.2) is 21.5 Å². The fourth-order valence-electron chi connectivity index (χ4n) is 5.06. The number of thiocarbonyl (C=S) groups is 1. The molecule has 6 rings (SSSR count). The van der Waals surface area contributed by atoms with Crippen LogP contribution in [0.15, 0.2) is 72.9 Å². The van der Waals surface area contributed by atoms with Crippen molar-refractivity contribution in [3.05, 3.63) is 101 Å². The molecule has 1 fully saturated rings. The van der Waals surface area contributed by atoms with Crippen LogP contribution < -0.4 is 19.7 Å². The number of ether oxygens (including phenoxy) is 2. The number of rotatable bonds is 4. The minimum atomic E-state index is -0.131. The molecular weight excluding hydrogens is 480 g/mol. The van der Waals surface area contributed by atoms with E-state index in [2.05, 4.69) is 39.7 Å². The van der Waals surface area contributed by atoms with Gasteiger partial charge in [0.05, 0.1) is 17.8 Å². The fraction of sp³-hybridized carbons (Fsp3) is 0.185. The number of anilines is 1. The molecule has 2 aromatic carbocycles. The van der Waals surface area contributed by atoms with Crippen LogP contribution in [0.4, 0.5) is 5.69 Å². The molecule has 4 aromatic rings. The lowest BCUT2D eigenvalue weighted by Crippen LogP contribution is -2.29. The summed E-state index contributed by atoms with van der Waals surface area (Å²) >= 11 is 12.0. The molecule has 0 bridgehead atoms. The standard InChI is InChI=1S/C27H23ClN4O2S/c1-16-13-21(17(2)31(16)19-8-6-18(28)7-9-19)26-25(22-5-3-4-12-29-22)30-27(35)32(26)20-10-11-23-24(14-20)34-15-33-23/h3-14,25-26H,15H2,1-2H3,(H,30,35)/t25-,26-/m1/s1. The number of pyridine rings is 1. The van der Waals surface area contributed by atoms with Crippen LogP contribution >= 0.6 is 23.8 Å². The molecule has 176 valence electrons. The Morgan fingerprint density at radius 1 is 0.971 bits per heavy atom. The van der Waals surface area contributed by atoms with Crippen molar-refractivity contribution >= 4 is 34.6 Å². The topological polar surface area (TPSA) is 51.6 Å². The number of aryl methyl sites for hydroxylation is 1. The van der Waals surface area contributed by atoms with Gasteiger partial charge in [-0.1, -0.05) is 17.7 Å². The maximum Gasteiger partial charge on any atom is 0.231 e. The molecule has 0 spiro atoms. The average molecular weight is 503 g/mol. The molecule has 0 aliphatic carbocycles. The first-order chi connectivity index (χ1) is 17.0. The predicted octanol–water partition coefficient (Wildman–Crippen LogP) is 6.05. The van der Waals surface area contributed by atoms with Gasteiger partial charge in [0.2, 0.25) is 6.79 Å². The maximum absolute atomic E-state index is 6.15. The Kier molecular flexibility index (Phi) is 5.39. The Bertz CT molecular complexity index is 1420. The minimum Gasteiger partial charge on any atom is -0.454 e. The van der Waals surface area contributed by atoms with Crippen molar-refractivity contribution in [3.8, 4) is 17.2 Å². The van der Waals surface area contributed by atoms with Crippen molar-refractivity contribution in [2.75, 3.05) is 11.7 Å². The summed E-state index contributed by atoms with van der Waals surface area (Å²) in [5.74, 6) is 1.46. The van der Waals surface area contributed by atoms with Crippen LogP contribution in [0.1, 0.15) is 34.7 Å². The van der Waals surface area contributed by atoms with Crippen LogP contribution in [-0.2, 0) is 0 Å². The van der Waals surface area contributed by atoms with Crippen molar-refractivity contribution in [1.82, 2.24) is 14.9 Å². The molecule has 4 heterocycles. The molecule has 1 N–H and O–H groups in total. The van der Waals surface area contributed by atoms with Crippen LogP contribution in [0.3, 0.4) is 0 Å². The highest BCUT2D eigenvalue weighted by Crippen LogP contribution is 2.46. The first-order valence-corrected chi connectivity index (χ1v) is 12.1. The third-order valence-electron chi connectivity index (χ3n) is 6.61. The minimum absolute atomic E-state index is 0.120. The van der Waals surface area contributed by atoms with E-state index < -0.39 is 0 Å². The fourth-order valence-corrected chi connectivity index (χ4v) is 5.53. The SMILES string of the molecule is Cc1cc([C@@H]2[C@@H](c3ccccn3)NC(=S)N2c2ccc3c(c2)OCO3)c(C)n1-c1ccc(Cl)cc1. The van der Waals surface area contributed by atoms with Gasteiger partial charge in [0.1, 0.15) is 0 Å². The average Bonchev–Trinajstić information content (AvgIpc) is 3.55. The van der Waals surface area contributed by atoms with E-state index in [4.69, 9.17) is 33.3 Å². The van der Waals surface area contributed by atoms with Gasteiger partial charge in [-0.15, -0.1) is 0 Å². The van der Waals surface area contributed by atoms with Crippen molar-refractivity contribution in [3.63, 3.8) is 0 Å². The summed E-state index contributed by atoms with van der Waals surface area (Å²) in [5, 5.41) is 4.89. The zero-order valence-corrected chi connectivity index (χ0v) is 20.8. The van der Waals surface area contributed by atoms with E-state index in [-0.39, 0.29) is 18.9 Å². The summed E-state index contributed by atoms with van der Waals surface area (Å²) in [6.45, 7) is 4.49. The second kappa shape index (κ2) is 8.59. The van der Waals surface area contributed by atoms with Gasteiger partial charge in [0.25, 0.3) is 0 Å². The number of halogens is 1. The largest absolute Gasteiger partial charge is 0.454 e. The van der Waals surface area contributed by atoms with Crippen molar-refractivity contribution in [1.29, 1.82) is 0 Å². The summed E-state index contributed by atoms with van der Waals surface area (Å²) in [6, 6.07) is 21.8. The van der Waals surface area contributed by atoms with E-state index in [0.29, 0.717) is 10.1 Å². The van der Waals surface area contributed by atoms with Gasteiger partial charge in [-0.2, -0.15) is 0 Å². The van der Waals surface area contributed by atoms with Crippen LogP contribution in [0.5, 0.6) is 11.5 Å². The molecule has 0 amide bonds.